The molecule has 72 valence electrons. The number of hydrogen-bond donors (Lipinski definition) is 2. The SMILES string of the molecule is Cn1nc(CC2CCNC2)nc1N. The summed E-state index contributed by atoms with van der Waals surface area (Å²) in [5.74, 6) is 2.05. The molecule has 1 aliphatic rings. The van der Waals surface area contributed by atoms with Crippen LogP contribution in [0.5, 0.6) is 0 Å². The van der Waals surface area contributed by atoms with Crippen molar-refractivity contribution in [2.75, 3.05) is 18.8 Å². The van der Waals surface area contributed by atoms with Crippen molar-refractivity contribution in [1.29, 1.82) is 0 Å². The van der Waals surface area contributed by atoms with Crippen molar-refractivity contribution in [3.63, 3.8) is 0 Å². The molecule has 0 aromatic carbocycles. The van der Waals surface area contributed by atoms with E-state index in [-0.39, 0.29) is 0 Å². The van der Waals surface area contributed by atoms with Gasteiger partial charge in [-0.15, -0.1) is 0 Å². The summed E-state index contributed by atoms with van der Waals surface area (Å²) in [5.41, 5.74) is 5.59. The summed E-state index contributed by atoms with van der Waals surface area (Å²) < 4.78 is 1.62. The maximum Gasteiger partial charge on any atom is 0.218 e. The largest absolute Gasteiger partial charge is 0.368 e. The smallest absolute Gasteiger partial charge is 0.218 e. The zero-order chi connectivity index (χ0) is 9.26. The van der Waals surface area contributed by atoms with Crippen molar-refractivity contribution >= 4 is 5.95 Å². The minimum atomic E-state index is 0.501. The highest BCUT2D eigenvalue weighted by Crippen LogP contribution is 2.13. The molecular formula is C8H15N5. The Hall–Kier alpha value is -1.10. The van der Waals surface area contributed by atoms with Gasteiger partial charge in [0.25, 0.3) is 0 Å². The molecule has 0 saturated carbocycles. The standard InChI is InChI=1S/C8H15N5/c1-13-8(9)11-7(12-13)4-6-2-3-10-5-6/h6,10H,2-5H2,1H3,(H2,9,11,12). The second kappa shape index (κ2) is 3.33. The van der Waals surface area contributed by atoms with Crippen molar-refractivity contribution in [2.45, 2.75) is 12.8 Å². The number of hydrogen-bond acceptors (Lipinski definition) is 4. The monoisotopic (exact) mass is 181 g/mol. The van der Waals surface area contributed by atoms with E-state index >= 15 is 0 Å². The van der Waals surface area contributed by atoms with Gasteiger partial charge >= 0.3 is 0 Å². The fourth-order valence-corrected chi connectivity index (χ4v) is 1.68. The average molecular weight is 181 g/mol. The van der Waals surface area contributed by atoms with Crippen molar-refractivity contribution in [1.82, 2.24) is 20.1 Å². The molecule has 1 atom stereocenters. The van der Waals surface area contributed by atoms with Gasteiger partial charge < -0.3 is 11.1 Å². The van der Waals surface area contributed by atoms with Crippen LogP contribution in [0.2, 0.25) is 0 Å². The number of rotatable bonds is 2. The fourth-order valence-electron chi connectivity index (χ4n) is 1.68. The highest BCUT2D eigenvalue weighted by Gasteiger charge is 2.17. The Morgan fingerprint density at radius 1 is 1.69 bits per heavy atom. The third kappa shape index (κ3) is 1.80. The quantitative estimate of drug-likeness (QED) is 0.648. The molecule has 1 aromatic rings. The van der Waals surface area contributed by atoms with Crippen molar-refractivity contribution in [3.05, 3.63) is 5.82 Å². The molecule has 1 aliphatic heterocycles. The first-order valence-electron chi connectivity index (χ1n) is 4.62. The van der Waals surface area contributed by atoms with Crippen LogP contribution >= 0.6 is 0 Å². The molecule has 1 unspecified atom stereocenters. The first-order valence-corrected chi connectivity index (χ1v) is 4.62. The fraction of sp³-hybridized carbons (Fsp3) is 0.750. The van der Waals surface area contributed by atoms with E-state index in [0.717, 1.165) is 25.3 Å². The van der Waals surface area contributed by atoms with Gasteiger partial charge in [-0.1, -0.05) is 0 Å². The summed E-state index contributed by atoms with van der Waals surface area (Å²) in [7, 11) is 1.82. The summed E-state index contributed by atoms with van der Waals surface area (Å²) >= 11 is 0. The van der Waals surface area contributed by atoms with Crippen molar-refractivity contribution < 1.29 is 0 Å². The summed E-state index contributed by atoms with van der Waals surface area (Å²) in [6.07, 6.45) is 2.16. The molecule has 5 nitrogen and oxygen atoms in total. The van der Waals surface area contributed by atoms with Crippen LogP contribution in [0.3, 0.4) is 0 Å². The number of nitrogen functional groups attached to an aromatic ring is 1. The molecule has 2 rings (SSSR count). The number of nitrogens with two attached hydrogens (primary N) is 1. The summed E-state index contributed by atoms with van der Waals surface area (Å²) in [5, 5.41) is 7.55. The lowest BCUT2D eigenvalue weighted by Gasteiger charge is -2.02. The van der Waals surface area contributed by atoms with Crippen LogP contribution in [0, 0.1) is 5.92 Å². The van der Waals surface area contributed by atoms with E-state index in [9.17, 15) is 0 Å². The van der Waals surface area contributed by atoms with Crippen LogP contribution in [-0.2, 0) is 13.5 Å². The molecule has 0 amide bonds. The zero-order valence-electron chi connectivity index (χ0n) is 7.82. The van der Waals surface area contributed by atoms with Crippen molar-refractivity contribution in [2.24, 2.45) is 13.0 Å². The lowest BCUT2D eigenvalue weighted by molar-refractivity contribution is 0.558. The first kappa shape index (κ1) is 8.50. The van der Waals surface area contributed by atoms with Gasteiger partial charge in [-0.2, -0.15) is 10.1 Å². The van der Waals surface area contributed by atoms with E-state index in [1.165, 1.54) is 6.42 Å². The van der Waals surface area contributed by atoms with Gasteiger partial charge in [0.05, 0.1) is 0 Å². The molecule has 1 fully saturated rings. The molecule has 1 saturated heterocycles. The second-order valence-corrected chi connectivity index (χ2v) is 3.57. The van der Waals surface area contributed by atoms with E-state index in [1.807, 2.05) is 7.05 Å². The molecular weight excluding hydrogens is 166 g/mol. The number of aryl methyl sites for hydroxylation is 1. The van der Waals surface area contributed by atoms with Gasteiger partial charge in [0.15, 0.2) is 5.82 Å². The predicted molar refractivity (Wildman–Crippen MR) is 50.1 cm³/mol. The Morgan fingerprint density at radius 2 is 2.54 bits per heavy atom. The van der Waals surface area contributed by atoms with Crippen LogP contribution < -0.4 is 11.1 Å². The van der Waals surface area contributed by atoms with E-state index in [0.29, 0.717) is 11.9 Å². The summed E-state index contributed by atoms with van der Waals surface area (Å²) in [6.45, 7) is 2.20. The molecule has 0 radical (unpaired) electrons. The number of nitrogens with zero attached hydrogens (tertiary/aromatic N) is 3. The third-order valence-corrected chi connectivity index (χ3v) is 2.47. The van der Waals surface area contributed by atoms with E-state index in [1.54, 1.807) is 4.68 Å². The highest BCUT2D eigenvalue weighted by atomic mass is 15.4. The Labute approximate surface area is 77.3 Å². The Kier molecular flexibility index (Phi) is 2.18. The maximum absolute atomic E-state index is 5.59. The molecule has 13 heavy (non-hydrogen) atoms. The van der Waals surface area contributed by atoms with Crippen molar-refractivity contribution in [3.8, 4) is 0 Å². The van der Waals surface area contributed by atoms with Gasteiger partial charge in [0.1, 0.15) is 0 Å². The highest BCUT2D eigenvalue weighted by molar-refractivity contribution is 5.15. The molecule has 5 heteroatoms. The number of aromatic nitrogens is 3. The van der Waals surface area contributed by atoms with E-state index in [4.69, 9.17) is 5.73 Å². The number of anilines is 1. The lowest BCUT2D eigenvalue weighted by Crippen LogP contribution is -2.11. The molecule has 0 bridgehead atoms. The van der Waals surface area contributed by atoms with Gasteiger partial charge in [0, 0.05) is 13.5 Å². The zero-order valence-corrected chi connectivity index (χ0v) is 7.82. The van der Waals surface area contributed by atoms with Crippen LogP contribution in [0.25, 0.3) is 0 Å². The van der Waals surface area contributed by atoms with Crippen LogP contribution in [0.4, 0.5) is 5.95 Å². The second-order valence-electron chi connectivity index (χ2n) is 3.57. The molecule has 3 N–H and O–H groups in total. The van der Waals surface area contributed by atoms with Crippen LogP contribution in [0.15, 0.2) is 0 Å². The van der Waals surface area contributed by atoms with Crippen LogP contribution in [-0.4, -0.2) is 27.9 Å². The van der Waals surface area contributed by atoms with Gasteiger partial charge in [-0.25, -0.2) is 4.68 Å². The first-order chi connectivity index (χ1) is 6.25. The Morgan fingerprint density at radius 3 is 3.08 bits per heavy atom. The third-order valence-electron chi connectivity index (χ3n) is 2.47. The molecule has 2 heterocycles. The topological polar surface area (TPSA) is 68.8 Å². The average Bonchev–Trinajstić information content (AvgIpc) is 2.64. The van der Waals surface area contributed by atoms with E-state index < -0.39 is 0 Å². The maximum atomic E-state index is 5.59. The summed E-state index contributed by atoms with van der Waals surface area (Å²) in [4.78, 5) is 4.18. The lowest BCUT2D eigenvalue weighted by atomic mass is 10.1. The number of nitrogens with one attached hydrogen (secondary N) is 1. The normalized spacial score (nSPS) is 22.4. The van der Waals surface area contributed by atoms with Gasteiger partial charge in [-0.3, -0.25) is 0 Å². The van der Waals surface area contributed by atoms with Gasteiger partial charge in [0.2, 0.25) is 5.95 Å². The Bertz CT molecular complexity index is 267. The molecule has 0 aliphatic carbocycles. The van der Waals surface area contributed by atoms with E-state index in [2.05, 4.69) is 15.4 Å². The molecule has 1 aromatic heterocycles. The predicted octanol–water partition coefficient (Wildman–Crippen LogP) is -0.451. The molecule has 0 spiro atoms. The Balaban J connectivity index is 2.00. The minimum Gasteiger partial charge on any atom is -0.368 e. The van der Waals surface area contributed by atoms with Gasteiger partial charge in [-0.05, 0) is 25.4 Å². The minimum absolute atomic E-state index is 0.501. The summed E-state index contributed by atoms with van der Waals surface area (Å²) in [6, 6.07) is 0. The van der Waals surface area contributed by atoms with Crippen LogP contribution in [0.1, 0.15) is 12.2 Å².